The van der Waals surface area contributed by atoms with E-state index in [1.54, 1.807) is 0 Å². The molecule has 6 heteroatoms. The van der Waals surface area contributed by atoms with Crippen molar-refractivity contribution in [3.05, 3.63) is 0 Å². The summed E-state index contributed by atoms with van der Waals surface area (Å²) in [5.74, 6) is 0. The van der Waals surface area contributed by atoms with Gasteiger partial charge in [0.15, 0.2) is 0 Å². The van der Waals surface area contributed by atoms with Crippen LogP contribution in [0.5, 0.6) is 0 Å². The van der Waals surface area contributed by atoms with Gasteiger partial charge in [-0.3, -0.25) is 5.14 Å². The molecule has 0 heterocycles. The van der Waals surface area contributed by atoms with Crippen molar-refractivity contribution in [2.75, 3.05) is 0 Å². The predicted molar refractivity (Wildman–Crippen MR) is 27.8 cm³/mol. The molecule has 56 valence electrons. The van der Waals surface area contributed by atoms with Gasteiger partial charge >= 0.3 is 6.18 Å². The topological polar surface area (TPSA) is 43.1 Å². The minimum atomic E-state index is -4.44. The molecule has 0 aliphatic heterocycles. The fraction of sp³-hybridized carbons (Fsp3) is 1.00. The second-order valence-electron chi connectivity index (χ2n) is 1.51. The molecule has 0 aliphatic carbocycles. The maximum Gasteiger partial charge on any atom is 0.404 e. The van der Waals surface area contributed by atoms with Gasteiger partial charge in [-0.15, -0.1) is 0 Å². The summed E-state index contributed by atoms with van der Waals surface area (Å²) in [6, 6.07) is 0. The third-order valence-electron chi connectivity index (χ3n) is 0.809. The minimum absolute atomic E-state index is 0.774. The first kappa shape index (κ1) is 8.90. The van der Waals surface area contributed by atoms with Gasteiger partial charge in [-0.05, 0) is 6.92 Å². The van der Waals surface area contributed by atoms with Crippen molar-refractivity contribution >= 4 is 11.0 Å². The van der Waals surface area contributed by atoms with Crippen molar-refractivity contribution in [1.82, 2.24) is 0 Å². The largest absolute Gasteiger partial charge is 0.404 e. The molecule has 0 fully saturated rings. The lowest BCUT2D eigenvalue weighted by Crippen LogP contribution is -2.33. The van der Waals surface area contributed by atoms with Crippen LogP contribution >= 0.6 is 0 Å². The standard InChI is InChI=1S/C3H6F3NOS/c1-2(9(7)8)3(4,5)6/h2H,7H2,1H3. The van der Waals surface area contributed by atoms with E-state index in [2.05, 4.69) is 5.14 Å². The first-order chi connectivity index (χ1) is 3.85. The van der Waals surface area contributed by atoms with Crippen molar-refractivity contribution in [3.8, 4) is 0 Å². The lowest BCUT2D eigenvalue weighted by atomic mass is 10.5. The maximum atomic E-state index is 11.4. The van der Waals surface area contributed by atoms with E-state index in [1.807, 2.05) is 0 Å². The van der Waals surface area contributed by atoms with E-state index in [0.29, 0.717) is 0 Å². The van der Waals surface area contributed by atoms with Crippen LogP contribution in [0.2, 0.25) is 0 Å². The zero-order chi connectivity index (χ0) is 7.65. The Morgan fingerprint density at radius 2 is 1.89 bits per heavy atom. The van der Waals surface area contributed by atoms with E-state index in [4.69, 9.17) is 0 Å². The number of nitrogens with two attached hydrogens (primary N) is 1. The van der Waals surface area contributed by atoms with Crippen molar-refractivity contribution in [2.45, 2.75) is 18.3 Å². The zero-order valence-corrected chi connectivity index (χ0v) is 5.42. The Labute approximate surface area is 52.8 Å². The van der Waals surface area contributed by atoms with Gasteiger partial charge in [-0.1, -0.05) is 0 Å². The summed E-state index contributed by atoms with van der Waals surface area (Å²) in [4.78, 5) is 0. The summed E-state index contributed by atoms with van der Waals surface area (Å²) >= 11 is 0. The van der Waals surface area contributed by atoms with E-state index < -0.39 is 22.4 Å². The first-order valence-electron chi connectivity index (χ1n) is 2.07. The third kappa shape index (κ3) is 2.81. The van der Waals surface area contributed by atoms with E-state index >= 15 is 0 Å². The Morgan fingerprint density at radius 3 is 1.89 bits per heavy atom. The van der Waals surface area contributed by atoms with Gasteiger partial charge in [0, 0.05) is 0 Å². The molecule has 2 atom stereocenters. The smallest absolute Gasteiger partial charge is 0.251 e. The van der Waals surface area contributed by atoms with Gasteiger partial charge in [0.25, 0.3) is 0 Å². The highest BCUT2D eigenvalue weighted by atomic mass is 32.2. The predicted octanol–water partition coefficient (Wildman–Crippen LogP) is 0.560. The Morgan fingerprint density at radius 1 is 1.56 bits per heavy atom. The summed E-state index contributed by atoms with van der Waals surface area (Å²) in [5, 5.41) is 2.54. The summed E-state index contributed by atoms with van der Waals surface area (Å²) in [7, 11) is -2.30. The fourth-order valence-electron chi connectivity index (χ4n) is 0.132. The molecular weight excluding hydrogens is 155 g/mol. The quantitative estimate of drug-likeness (QED) is 0.600. The van der Waals surface area contributed by atoms with Crippen LogP contribution in [-0.4, -0.2) is 15.6 Å². The molecule has 9 heavy (non-hydrogen) atoms. The normalized spacial score (nSPS) is 19.2. The highest BCUT2D eigenvalue weighted by Gasteiger charge is 2.39. The molecule has 0 aromatic heterocycles. The van der Waals surface area contributed by atoms with Gasteiger partial charge in [-0.2, -0.15) is 13.2 Å². The molecule has 0 aliphatic rings. The van der Waals surface area contributed by atoms with Crippen LogP contribution in [0.1, 0.15) is 6.92 Å². The summed E-state index contributed by atoms with van der Waals surface area (Å²) in [6.45, 7) is 0.774. The van der Waals surface area contributed by atoms with Crippen LogP contribution in [0, 0.1) is 0 Å². The summed E-state index contributed by atoms with van der Waals surface area (Å²) in [5.41, 5.74) is 0. The molecule has 0 saturated heterocycles. The average molecular weight is 161 g/mol. The third-order valence-corrected chi connectivity index (χ3v) is 1.77. The van der Waals surface area contributed by atoms with E-state index in [9.17, 15) is 17.4 Å². The lowest BCUT2D eigenvalue weighted by molar-refractivity contribution is -0.126. The molecule has 0 spiro atoms. The number of hydrogen-bond acceptors (Lipinski definition) is 1. The van der Waals surface area contributed by atoms with Crippen LogP contribution in [0.4, 0.5) is 13.2 Å². The fourth-order valence-corrected chi connectivity index (χ4v) is 0.395. The molecule has 0 aromatic rings. The zero-order valence-electron chi connectivity index (χ0n) is 4.61. The molecule has 2 nitrogen and oxygen atoms in total. The van der Waals surface area contributed by atoms with Gasteiger partial charge in [-0.25, -0.2) is 4.21 Å². The second kappa shape index (κ2) is 2.66. The maximum absolute atomic E-state index is 11.4. The van der Waals surface area contributed by atoms with Gasteiger partial charge < -0.3 is 0 Å². The van der Waals surface area contributed by atoms with Crippen molar-refractivity contribution in [2.24, 2.45) is 5.14 Å². The molecule has 0 rings (SSSR count). The van der Waals surface area contributed by atoms with Crippen LogP contribution in [0.25, 0.3) is 0 Å². The average Bonchev–Trinajstić information content (AvgIpc) is 1.62. The number of hydrogen-bond donors (Lipinski definition) is 1. The van der Waals surface area contributed by atoms with E-state index in [1.165, 1.54) is 0 Å². The monoisotopic (exact) mass is 161 g/mol. The second-order valence-corrected chi connectivity index (χ2v) is 2.88. The highest BCUT2D eigenvalue weighted by molar-refractivity contribution is 7.83. The number of rotatable bonds is 1. The van der Waals surface area contributed by atoms with E-state index in [-0.39, 0.29) is 0 Å². The van der Waals surface area contributed by atoms with Gasteiger partial charge in [0.2, 0.25) is 0 Å². The highest BCUT2D eigenvalue weighted by Crippen LogP contribution is 2.22. The van der Waals surface area contributed by atoms with E-state index in [0.717, 1.165) is 6.92 Å². The Hall–Kier alpha value is -0.100. The summed E-state index contributed by atoms with van der Waals surface area (Å²) in [6.07, 6.45) is -4.44. The molecule has 0 saturated carbocycles. The lowest BCUT2D eigenvalue weighted by Gasteiger charge is -2.10. The molecule has 0 radical (unpaired) electrons. The van der Waals surface area contributed by atoms with Crippen molar-refractivity contribution in [3.63, 3.8) is 0 Å². The van der Waals surface area contributed by atoms with Crippen LogP contribution in [-0.2, 0) is 11.0 Å². The minimum Gasteiger partial charge on any atom is -0.251 e. The summed E-state index contributed by atoms with van der Waals surface area (Å²) < 4.78 is 44.2. The number of halogens is 3. The Kier molecular flexibility index (Phi) is 2.63. The molecule has 0 bridgehead atoms. The van der Waals surface area contributed by atoms with Crippen molar-refractivity contribution in [1.29, 1.82) is 0 Å². The van der Waals surface area contributed by atoms with Crippen LogP contribution in [0.3, 0.4) is 0 Å². The van der Waals surface area contributed by atoms with Crippen LogP contribution < -0.4 is 5.14 Å². The first-order valence-corrected chi connectivity index (χ1v) is 3.35. The Balaban J connectivity index is 4.04. The molecule has 0 amide bonds. The van der Waals surface area contributed by atoms with Gasteiger partial charge in [0.1, 0.15) is 16.2 Å². The molecule has 2 N–H and O–H groups in total. The SMILES string of the molecule is CC(S(N)=O)C(F)(F)F. The van der Waals surface area contributed by atoms with Crippen LogP contribution in [0.15, 0.2) is 0 Å². The van der Waals surface area contributed by atoms with Crippen molar-refractivity contribution < 1.29 is 17.4 Å². The Bertz CT molecular complexity index is 123. The van der Waals surface area contributed by atoms with Gasteiger partial charge in [0.05, 0.1) is 0 Å². The molecule has 2 unspecified atom stereocenters. The number of alkyl halides is 3. The molecule has 0 aromatic carbocycles. The molecular formula is C3H6F3NOS.